The van der Waals surface area contributed by atoms with Crippen LogP contribution >= 0.6 is 11.8 Å². The van der Waals surface area contributed by atoms with Crippen LogP contribution in [0.3, 0.4) is 0 Å². The van der Waals surface area contributed by atoms with Crippen molar-refractivity contribution in [3.05, 3.63) is 30.9 Å². The number of ether oxygens (including phenoxy) is 1. The average Bonchev–Trinajstić information content (AvgIpc) is 2.18. The minimum Gasteiger partial charge on any atom is -0.497 e. The first-order valence-corrected chi connectivity index (χ1v) is 5.46. The van der Waals surface area contributed by atoms with Gasteiger partial charge < -0.3 is 10.5 Å². The molecule has 14 heavy (non-hydrogen) atoms. The zero-order valence-electron chi connectivity index (χ0n) is 8.91. The summed E-state index contributed by atoms with van der Waals surface area (Å²) in [5, 5.41) is 0. The van der Waals surface area contributed by atoms with Crippen molar-refractivity contribution in [2.45, 2.75) is 11.8 Å². The van der Waals surface area contributed by atoms with E-state index in [2.05, 4.69) is 6.58 Å². The molecule has 0 atom stereocenters. The molecule has 0 bridgehead atoms. The third-order valence-corrected chi connectivity index (χ3v) is 2.08. The highest BCUT2D eigenvalue weighted by molar-refractivity contribution is 7.98. The van der Waals surface area contributed by atoms with Crippen LogP contribution < -0.4 is 10.5 Å². The van der Waals surface area contributed by atoms with Gasteiger partial charge in [-0.1, -0.05) is 6.08 Å². The Morgan fingerprint density at radius 1 is 1.43 bits per heavy atom. The number of anilines is 1. The second-order valence-corrected chi connectivity index (χ2v) is 3.43. The van der Waals surface area contributed by atoms with Gasteiger partial charge in [-0.05, 0) is 25.3 Å². The Morgan fingerprint density at radius 2 is 2.00 bits per heavy atom. The molecule has 3 heteroatoms. The highest BCUT2D eigenvalue weighted by Gasteiger charge is 1.96. The minimum absolute atomic E-state index is 0.744. The first kappa shape index (κ1) is 12.9. The zero-order chi connectivity index (χ0) is 11.0. The maximum Gasteiger partial charge on any atom is 0.122 e. The van der Waals surface area contributed by atoms with E-state index in [0.717, 1.165) is 16.3 Å². The van der Waals surface area contributed by atoms with Gasteiger partial charge in [-0.3, -0.25) is 0 Å². The third kappa shape index (κ3) is 4.82. The van der Waals surface area contributed by atoms with E-state index >= 15 is 0 Å². The number of nitrogen functional groups attached to an aromatic ring is 1. The van der Waals surface area contributed by atoms with Crippen molar-refractivity contribution in [1.82, 2.24) is 0 Å². The van der Waals surface area contributed by atoms with E-state index in [0.29, 0.717) is 0 Å². The Morgan fingerprint density at radius 3 is 2.43 bits per heavy atom. The fourth-order valence-corrected chi connectivity index (χ4v) is 1.32. The van der Waals surface area contributed by atoms with Gasteiger partial charge in [0.05, 0.1) is 7.11 Å². The lowest BCUT2D eigenvalue weighted by Crippen LogP contribution is -1.88. The smallest absolute Gasteiger partial charge is 0.122 e. The fourth-order valence-electron chi connectivity index (χ4n) is 0.829. The van der Waals surface area contributed by atoms with Gasteiger partial charge in [0.25, 0.3) is 0 Å². The van der Waals surface area contributed by atoms with Gasteiger partial charge in [-0.2, -0.15) is 0 Å². The van der Waals surface area contributed by atoms with Crippen LogP contribution in [0.4, 0.5) is 5.69 Å². The summed E-state index contributed by atoms with van der Waals surface area (Å²) in [4.78, 5) is 1.13. The summed E-state index contributed by atoms with van der Waals surface area (Å²) in [5.41, 5.74) is 6.36. The molecule has 0 heterocycles. The van der Waals surface area contributed by atoms with E-state index in [9.17, 15) is 0 Å². The van der Waals surface area contributed by atoms with E-state index in [1.807, 2.05) is 25.3 Å². The molecule has 0 aromatic heterocycles. The molecule has 0 fully saturated rings. The normalized spacial score (nSPS) is 8.50. The SMILES string of the molecule is C=CC.COc1cc(N)cc(SC)c1. The molecule has 0 saturated heterocycles. The third-order valence-electron chi connectivity index (χ3n) is 1.37. The summed E-state index contributed by atoms with van der Waals surface area (Å²) >= 11 is 1.65. The van der Waals surface area contributed by atoms with Crippen molar-refractivity contribution < 1.29 is 4.74 Å². The molecule has 1 aromatic rings. The lowest BCUT2D eigenvalue weighted by atomic mass is 10.3. The van der Waals surface area contributed by atoms with E-state index in [4.69, 9.17) is 10.5 Å². The number of thioether (sulfide) groups is 1. The molecule has 1 aromatic carbocycles. The first-order chi connectivity index (χ1) is 6.67. The van der Waals surface area contributed by atoms with Crippen LogP contribution in [0.2, 0.25) is 0 Å². The lowest BCUT2D eigenvalue weighted by molar-refractivity contribution is 0.414. The van der Waals surface area contributed by atoms with E-state index in [1.54, 1.807) is 31.0 Å². The van der Waals surface area contributed by atoms with E-state index in [1.165, 1.54) is 0 Å². The molecule has 0 aliphatic carbocycles. The summed E-state index contributed by atoms with van der Waals surface area (Å²) in [7, 11) is 1.64. The summed E-state index contributed by atoms with van der Waals surface area (Å²) in [6.45, 7) is 5.25. The zero-order valence-corrected chi connectivity index (χ0v) is 9.73. The van der Waals surface area contributed by atoms with Crippen LogP contribution in [-0.4, -0.2) is 13.4 Å². The first-order valence-electron chi connectivity index (χ1n) is 4.23. The summed E-state index contributed by atoms with van der Waals surface area (Å²) in [6.07, 6.45) is 3.76. The number of nitrogens with two attached hydrogens (primary N) is 1. The molecule has 0 radical (unpaired) electrons. The van der Waals surface area contributed by atoms with Gasteiger partial charge in [0.2, 0.25) is 0 Å². The van der Waals surface area contributed by atoms with Crippen LogP contribution in [0.15, 0.2) is 35.7 Å². The molecule has 0 aliphatic heterocycles. The molecular weight excluding hydrogens is 194 g/mol. The molecule has 1 rings (SSSR count). The standard InChI is InChI=1S/C8H11NOS.C3H6/c1-10-7-3-6(9)4-8(5-7)11-2;1-3-2/h3-5H,9H2,1-2H3;3H,1H2,2H3. The van der Waals surface area contributed by atoms with Crippen molar-refractivity contribution in [3.8, 4) is 5.75 Å². The van der Waals surface area contributed by atoms with Crippen LogP contribution in [0.25, 0.3) is 0 Å². The quantitative estimate of drug-likeness (QED) is 0.463. The summed E-state index contributed by atoms with van der Waals surface area (Å²) in [6, 6.07) is 5.69. The number of allylic oxidation sites excluding steroid dienone is 1. The number of hydrogen-bond acceptors (Lipinski definition) is 3. The van der Waals surface area contributed by atoms with Gasteiger partial charge in [0.15, 0.2) is 0 Å². The van der Waals surface area contributed by atoms with Gasteiger partial charge in [-0.15, -0.1) is 18.3 Å². The average molecular weight is 211 g/mol. The van der Waals surface area contributed by atoms with Crippen molar-refractivity contribution in [1.29, 1.82) is 0 Å². The predicted molar refractivity (Wildman–Crippen MR) is 65.1 cm³/mol. The predicted octanol–water partition coefficient (Wildman–Crippen LogP) is 3.19. The Labute approximate surface area is 90.1 Å². The maximum atomic E-state index is 5.62. The molecule has 0 saturated carbocycles. The molecule has 0 spiro atoms. The van der Waals surface area contributed by atoms with E-state index < -0.39 is 0 Å². The van der Waals surface area contributed by atoms with Crippen LogP contribution in [0, 0.1) is 0 Å². The topological polar surface area (TPSA) is 35.2 Å². The monoisotopic (exact) mass is 211 g/mol. The van der Waals surface area contributed by atoms with Crippen LogP contribution in [-0.2, 0) is 0 Å². The molecule has 2 nitrogen and oxygen atoms in total. The second kappa shape index (κ2) is 7.33. The molecule has 0 amide bonds. The molecule has 0 aliphatic rings. The second-order valence-electron chi connectivity index (χ2n) is 2.55. The highest BCUT2D eigenvalue weighted by Crippen LogP contribution is 2.24. The molecular formula is C11H17NOS. The summed E-state index contributed by atoms with van der Waals surface area (Å²) in [5.74, 6) is 0.814. The van der Waals surface area contributed by atoms with Gasteiger partial charge >= 0.3 is 0 Å². The Bertz CT molecular complexity index is 264. The van der Waals surface area contributed by atoms with Crippen molar-refractivity contribution >= 4 is 17.4 Å². The van der Waals surface area contributed by atoms with Crippen LogP contribution in [0.1, 0.15) is 6.92 Å². The Hall–Kier alpha value is -1.09. The molecule has 0 unspecified atom stereocenters. The highest BCUT2D eigenvalue weighted by atomic mass is 32.2. The van der Waals surface area contributed by atoms with Gasteiger partial charge in [0, 0.05) is 16.6 Å². The molecule has 78 valence electrons. The minimum atomic E-state index is 0.744. The Balaban J connectivity index is 0.000000500. The van der Waals surface area contributed by atoms with Gasteiger partial charge in [0.1, 0.15) is 5.75 Å². The van der Waals surface area contributed by atoms with Crippen molar-refractivity contribution in [2.75, 3.05) is 19.1 Å². The van der Waals surface area contributed by atoms with Crippen molar-refractivity contribution in [2.24, 2.45) is 0 Å². The maximum absolute atomic E-state index is 5.62. The largest absolute Gasteiger partial charge is 0.497 e. The van der Waals surface area contributed by atoms with E-state index in [-0.39, 0.29) is 0 Å². The summed E-state index contributed by atoms with van der Waals surface area (Å²) < 4.78 is 5.04. The number of methoxy groups -OCH3 is 1. The van der Waals surface area contributed by atoms with Crippen molar-refractivity contribution in [3.63, 3.8) is 0 Å². The fraction of sp³-hybridized carbons (Fsp3) is 0.273. The lowest BCUT2D eigenvalue weighted by Gasteiger charge is -2.03. The Kier molecular flexibility index (Phi) is 6.76. The van der Waals surface area contributed by atoms with Crippen LogP contribution in [0.5, 0.6) is 5.75 Å². The molecule has 2 N–H and O–H groups in total. The number of benzene rings is 1. The van der Waals surface area contributed by atoms with Gasteiger partial charge in [-0.25, -0.2) is 0 Å². The number of hydrogen-bond donors (Lipinski definition) is 1. The number of rotatable bonds is 2.